The Labute approximate surface area is 112 Å². The molecule has 1 aromatic carbocycles. The van der Waals surface area contributed by atoms with Gasteiger partial charge in [0.2, 0.25) is 5.91 Å². The zero-order chi connectivity index (χ0) is 13.7. The fourth-order valence-electron chi connectivity index (χ4n) is 2.17. The summed E-state index contributed by atoms with van der Waals surface area (Å²) in [4.78, 5) is 14.1. The SMILES string of the molecule is COc1ccc(N2CCCNC(CC#N)C2=O)cc1. The summed E-state index contributed by atoms with van der Waals surface area (Å²) in [5.41, 5.74) is 0.845. The van der Waals surface area contributed by atoms with Gasteiger partial charge in [-0.05, 0) is 37.2 Å². The summed E-state index contributed by atoms with van der Waals surface area (Å²) in [6.45, 7) is 1.42. The Morgan fingerprint density at radius 1 is 1.47 bits per heavy atom. The first kappa shape index (κ1) is 13.4. The van der Waals surface area contributed by atoms with Gasteiger partial charge in [-0.15, -0.1) is 0 Å². The van der Waals surface area contributed by atoms with Gasteiger partial charge < -0.3 is 15.0 Å². The molecule has 0 aliphatic carbocycles. The van der Waals surface area contributed by atoms with E-state index in [1.807, 2.05) is 24.3 Å². The molecular formula is C14H17N3O2. The highest BCUT2D eigenvalue weighted by atomic mass is 16.5. The van der Waals surface area contributed by atoms with Crippen molar-refractivity contribution in [2.45, 2.75) is 18.9 Å². The van der Waals surface area contributed by atoms with Crippen LogP contribution in [0.4, 0.5) is 5.69 Å². The molecule has 0 bridgehead atoms. The van der Waals surface area contributed by atoms with Crippen LogP contribution in [0.2, 0.25) is 0 Å². The van der Waals surface area contributed by atoms with E-state index in [2.05, 4.69) is 11.4 Å². The topological polar surface area (TPSA) is 65.4 Å². The minimum absolute atomic E-state index is 0.0378. The molecule has 1 unspecified atom stereocenters. The third-order valence-electron chi connectivity index (χ3n) is 3.19. The molecule has 2 rings (SSSR count). The first-order valence-electron chi connectivity index (χ1n) is 6.32. The molecule has 5 nitrogen and oxygen atoms in total. The van der Waals surface area contributed by atoms with Crippen molar-refractivity contribution < 1.29 is 9.53 Å². The predicted molar refractivity (Wildman–Crippen MR) is 72.0 cm³/mol. The molecule has 1 fully saturated rings. The predicted octanol–water partition coefficient (Wildman–Crippen LogP) is 1.30. The molecule has 100 valence electrons. The molecule has 0 aromatic heterocycles. The summed E-state index contributed by atoms with van der Waals surface area (Å²) in [5, 5.41) is 11.9. The first-order valence-corrected chi connectivity index (χ1v) is 6.32. The summed E-state index contributed by atoms with van der Waals surface area (Å²) >= 11 is 0. The normalized spacial score (nSPS) is 19.7. The smallest absolute Gasteiger partial charge is 0.245 e. The van der Waals surface area contributed by atoms with E-state index in [4.69, 9.17) is 10.00 Å². The minimum atomic E-state index is -0.408. The molecular weight excluding hydrogens is 242 g/mol. The molecule has 1 aliphatic rings. The number of rotatable bonds is 3. The zero-order valence-corrected chi connectivity index (χ0v) is 10.9. The van der Waals surface area contributed by atoms with Gasteiger partial charge in [0.1, 0.15) is 11.8 Å². The molecule has 1 saturated heterocycles. The van der Waals surface area contributed by atoms with Gasteiger partial charge >= 0.3 is 0 Å². The Balaban J connectivity index is 2.20. The van der Waals surface area contributed by atoms with E-state index >= 15 is 0 Å². The Morgan fingerprint density at radius 2 is 2.21 bits per heavy atom. The summed E-state index contributed by atoms with van der Waals surface area (Å²) in [6.07, 6.45) is 1.07. The molecule has 0 saturated carbocycles. The third-order valence-corrected chi connectivity index (χ3v) is 3.19. The van der Waals surface area contributed by atoms with E-state index in [-0.39, 0.29) is 12.3 Å². The van der Waals surface area contributed by atoms with Crippen molar-refractivity contribution in [3.63, 3.8) is 0 Å². The van der Waals surface area contributed by atoms with Gasteiger partial charge in [0.15, 0.2) is 0 Å². The lowest BCUT2D eigenvalue weighted by Gasteiger charge is -2.23. The number of benzene rings is 1. The summed E-state index contributed by atoms with van der Waals surface area (Å²) in [6, 6.07) is 9.05. The van der Waals surface area contributed by atoms with Crippen LogP contribution in [0.1, 0.15) is 12.8 Å². The third kappa shape index (κ3) is 3.04. The molecule has 0 radical (unpaired) electrons. The summed E-state index contributed by atoms with van der Waals surface area (Å²) in [7, 11) is 1.61. The van der Waals surface area contributed by atoms with Crippen molar-refractivity contribution in [1.29, 1.82) is 5.26 Å². The number of ether oxygens (including phenoxy) is 1. The fourth-order valence-corrected chi connectivity index (χ4v) is 2.17. The number of methoxy groups -OCH3 is 1. The van der Waals surface area contributed by atoms with E-state index in [1.165, 1.54) is 0 Å². The van der Waals surface area contributed by atoms with Crippen LogP contribution in [-0.2, 0) is 4.79 Å². The summed E-state index contributed by atoms with van der Waals surface area (Å²) in [5.74, 6) is 0.724. The van der Waals surface area contributed by atoms with E-state index in [9.17, 15) is 4.79 Å². The van der Waals surface area contributed by atoms with Crippen LogP contribution >= 0.6 is 0 Å². The Hall–Kier alpha value is -2.06. The van der Waals surface area contributed by atoms with Gasteiger partial charge in [0, 0.05) is 12.2 Å². The molecule has 5 heteroatoms. The lowest BCUT2D eigenvalue weighted by molar-refractivity contribution is -0.120. The van der Waals surface area contributed by atoms with Gasteiger partial charge in [0.25, 0.3) is 0 Å². The summed E-state index contributed by atoms with van der Waals surface area (Å²) < 4.78 is 5.11. The Kier molecular flexibility index (Phi) is 4.37. The van der Waals surface area contributed by atoms with E-state index in [0.29, 0.717) is 6.54 Å². The number of hydrogen-bond acceptors (Lipinski definition) is 4. The maximum atomic E-state index is 12.4. The second kappa shape index (κ2) is 6.21. The van der Waals surface area contributed by atoms with Gasteiger partial charge in [-0.2, -0.15) is 5.26 Å². The van der Waals surface area contributed by atoms with Crippen LogP contribution < -0.4 is 15.0 Å². The standard InChI is InChI=1S/C14H17N3O2/c1-19-12-5-3-11(4-6-12)17-10-2-9-16-13(7-8-15)14(17)18/h3-6,13,16H,2,7,9-10H2,1H3. The van der Waals surface area contributed by atoms with Gasteiger partial charge in [0.05, 0.1) is 19.6 Å². The lowest BCUT2D eigenvalue weighted by atomic mass is 10.2. The monoisotopic (exact) mass is 259 g/mol. The number of hydrogen-bond donors (Lipinski definition) is 1. The molecule has 1 heterocycles. The minimum Gasteiger partial charge on any atom is -0.497 e. The average molecular weight is 259 g/mol. The van der Waals surface area contributed by atoms with Gasteiger partial charge in [-0.25, -0.2) is 0 Å². The first-order chi connectivity index (χ1) is 9.26. The van der Waals surface area contributed by atoms with E-state index in [1.54, 1.807) is 12.0 Å². The maximum Gasteiger partial charge on any atom is 0.245 e. The van der Waals surface area contributed by atoms with Crippen LogP contribution in [0.5, 0.6) is 5.75 Å². The van der Waals surface area contributed by atoms with Crippen molar-refractivity contribution in [2.75, 3.05) is 25.1 Å². The lowest BCUT2D eigenvalue weighted by Crippen LogP contribution is -2.43. The Morgan fingerprint density at radius 3 is 2.84 bits per heavy atom. The van der Waals surface area contributed by atoms with E-state index < -0.39 is 6.04 Å². The average Bonchev–Trinajstić information content (AvgIpc) is 2.62. The number of carbonyl (C=O) groups excluding carboxylic acids is 1. The second-order valence-electron chi connectivity index (χ2n) is 4.41. The number of nitrogens with one attached hydrogen (secondary N) is 1. The zero-order valence-electron chi connectivity index (χ0n) is 10.9. The molecule has 1 aliphatic heterocycles. The van der Waals surface area contributed by atoms with Crippen molar-refractivity contribution in [2.24, 2.45) is 0 Å². The highest BCUT2D eigenvalue weighted by Gasteiger charge is 2.27. The van der Waals surface area contributed by atoms with Crippen LogP contribution in [0.3, 0.4) is 0 Å². The van der Waals surface area contributed by atoms with Crippen LogP contribution in [0, 0.1) is 11.3 Å². The number of anilines is 1. The Bertz CT molecular complexity index is 478. The van der Waals surface area contributed by atoms with Gasteiger partial charge in [-0.1, -0.05) is 0 Å². The van der Waals surface area contributed by atoms with Crippen molar-refractivity contribution >= 4 is 11.6 Å². The molecule has 1 amide bonds. The number of amides is 1. The number of nitrogens with zero attached hydrogens (tertiary/aromatic N) is 2. The van der Waals surface area contributed by atoms with Gasteiger partial charge in [-0.3, -0.25) is 4.79 Å². The molecule has 1 atom stereocenters. The molecule has 19 heavy (non-hydrogen) atoms. The highest BCUT2D eigenvalue weighted by Crippen LogP contribution is 2.21. The highest BCUT2D eigenvalue weighted by molar-refractivity contribution is 5.97. The maximum absolute atomic E-state index is 12.4. The number of carbonyl (C=O) groups is 1. The quantitative estimate of drug-likeness (QED) is 0.888. The fraction of sp³-hybridized carbons (Fsp3) is 0.429. The number of nitriles is 1. The largest absolute Gasteiger partial charge is 0.497 e. The van der Waals surface area contributed by atoms with Crippen molar-refractivity contribution in [3.8, 4) is 11.8 Å². The molecule has 1 aromatic rings. The molecule has 0 spiro atoms. The molecule has 1 N–H and O–H groups in total. The van der Waals surface area contributed by atoms with Crippen LogP contribution in [0.25, 0.3) is 0 Å². The van der Waals surface area contributed by atoms with Crippen molar-refractivity contribution in [3.05, 3.63) is 24.3 Å². The second-order valence-corrected chi connectivity index (χ2v) is 4.41. The van der Waals surface area contributed by atoms with E-state index in [0.717, 1.165) is 24.4 Å². The van der Waals surface area contributed by atoms with Crippen molar-refractivity contribution in [1.82, 2.24) is 5.32 Å². The van der Waals surface area contributed by atoms with Crippen LogP contribution in [-0.4, -0.2) is 32.1 Å². The van der Waals surface area contributed by atoms with Crippen LogP contribution in [0.15, 0.2) is 24.3 Å².